The van der Waals surface area contributed by atoms with E-state index in [4.69, 9.17) is 17.4 Å². The minimum absolute atomic E-state index is 0.00825. The molecule has 2 aromatic rings. The van der Waals surface area contributed by atoms with Gasteiger partial charge in [-0.3, -0.25) is 9.80 Å². The van der Waals surface area contributed by atoms with Gasteiger partial charge in [0.2, 0.25) is 5.91 Å². The first kappa shape index (κ1) is 16.2. The fraction of sp³-hybridized carbons (Fsp3) is 0.250. The number of halogens is 1. The molecule has 1 aliphatic carbocycles. The number of nitrogens with two attached hydrogens (primary N) is 1. The van der Waals surface area contributed by atoms with Crippen molar-refractivity contribution >= 4 is 29.8 Å². The highest BCUT2D eigenvalue weighted by Crippen LogP contribution is 2.31. The first-order chi connectivity index (χ1) is 12.0. The van der Waals surface area contributed by atoms with E-state index >= 15 is 0 Å². The van der Waals surface area contributed by atoms with Gasteiger partial charge in [0.1, 0.15) is 6.17 Å². The lowest BCUT2D eigenvalue weighted by atomic mass is 9.99. The van der Waals surface area contributed by atoms with Gasteiger partial charge in [-0.2, -0.15) is 0 Å². The zero-order valence-electron chi connectivity index (χ0n) is 14.0. The highest BCUT2D eigenvalue weighted by atomic mass is 35.5. The molecule has 3 N–H and O–H groups in total. The molecule has 1 heterocycles. The Labute approximate surface area is 151 Å². The number of carbonyl (C=O) groups is 1. The van der Waals surface area contributed by atoms with Crippen LogP contribution in [0.25, 0.3) is 23.4 Å². The standard InChI is InChI=1S/C20H20ClN3O/c1-12-3-2-4-17(21)19(12)15-8-7-14-10-18(23-11-16(14)9-15)24(22)20(25)13-5-6-13/h2-4,7-11,13,18,23H,5-6,22H2,1H3. The number of amides is 1. The molecule has 4 nitrogen and oxygen atoms in total. The summed E-state index contributed by atoms with van der Waals surface area (Å²) in [6.45, 7) is 2.06. The maximum Gasteiger partial charge on any atom is 0.241 e. The Hall–Kier alpha value is -2.30. The molecule has 2 aromatic carbocycles. The Morgan fingerprint density at radius 3 is 2.76 bits per heavy atom. The van der Waals surface area contributed by atoms with Gasteiger partial charge in [0, 0.05) is 22.7 Å². The van der Waals surface area contributed by atoms with Gasteiger partial charge >= 0.3 is 0 Å². The summed E-state index contributed by atoms with van der Waals surface area (Å²) in [5, 5.41) is 7.37. The fourth-order valence-electron chi connectivity index (χ4n) is 3.24. The second-order valence-corrected chi connectivity index (χ2v) is 7.12. The summed E-state index contributed by atoms with van der Waals surface area (Å²) in [5.41, 5.74) is 3.26. The van der Waals surface area contributed by atoms with E-state index in [9.17, 15) is 4.79 Å². The molecule has 1 unspecified atom stereocenters. The van der Waals surface area contributed by atoms with Gasteiger partial charge in [0.25, 0.3) is 0 Å². The molecule has 0 bridgehead atoms. The summed E-state index contributed by atoms with van der Waals surface area (Å²) >= 11 is 6.39. The van der Waals surface area contributed by atoms with Crippen LogP contribution in [0.2, 0.25) is 5.02 Å². The molecule has 1 atom stereocenters. The second-order valence-electron chi connectivity index (χ2n) is 6.72. The fourth-order valence-corrected chi connectivity index (χ4v) is 3.57. The number of hydrogen-bond donors (Lipinski definition) is 2. The summed E-state index contributed by atoms with van der Waals surface area (Å²) in [4.78, 5) is 12.1. The van der Waals surface area contributed by atoms with Crippen LogP contribution in [0, 0.1) is 12.8 Å². The van der Waals surface area contributed by atoms with E-state index in [0.717, 1.165) is 45.0 Å². The van der Waals surface area contributed by atoms with Crippen molar-refractivity contribution in [1.82, 2.24) is 10.3 Å². The third-order valence-electron chi connectivity index (χ3n) is 4.83. The minimum Gasteiger partial charge on any atom is -0.366 e. The van der Waals surface area contributed by atoms with Gasteiger partial charge in [-0.1, -0.05) is 35.9 Å². The number of nitrogens with one attached hydrogen (secondary N) is 1. The van der Waals surface area contributed by atoms with E-state index in [-0.39, 0.29) is 18.0 Å². The number of aryl methyl sites for hydroxylation is 1. The molecule has 1 amide bonds. The van der Waals surface area contributed by atoms with Crippen LogP contribution in [-0.2, 0) is 4.79 Å². The lowest BCUT2D eigenvalue weighted by Crippen LogP contribution is -2.54. The van der Waals surface area contributed by atoms with Crippen molar-refractivity contribution in [2.75, 3.05) is 0 Å². The van der Waals surface area contributed by atoms with Crippen LogP contribution in [0.1, 0.15) is 18.4 Å². The van der Waals surface area contributed by atoms with Crippen molar-refractivity contribution < 1.29 is 4.79 Å². The maximum absolute atomic E-state index is 12.1. The molecule has 5 heteroatoms. The topological polar surface area (TPSA) is 58.4 Å². The molecule has 1 aliphatic heterocycles. The van der Waals surface area contributed by atoms with Crippen molar-refractivity contribution in [3.63, 3.8) is 0 Å². The number of fused-ring (bicyclic) bond motifs is 1. The van der Waals surface area contributed by atoms with Crippen molar-refractivity contribution in [2.24, 2.45) is 11.8 Å². The van der Waals surface area contributed by atoms with Crippen LogP contribution in [0.15, 0.2) is 36.4 Å². The molecule has 0 spiro atoms. The van der Waals surface area contributed by atoms with Gasteiger partial charge < -0.3 is 5.32 Å². The van der Waals surface area contributed by atoms with Crippen molar-refractivity contribution in [3.05, 3.63) is 57.4 Å². The van der Waals surface area contributed by atoms with Crippen LogP contribution < -0.4 is 21.6 Å². The third kappa shape index (κ3) is 3.03. The van der Waals surface area contributed by atoms with Crippen molar-refractivity contribution in [2.45, 2.75) is 25.9 Å². The molecule has 4 rings (SSSR count). The van der Waals surface area contributed by atoms with E-state index in [1.165, 1.54) is 5.01 Å². The van der Waals surface area contributed by atoms with Crippen molar-refractivity contribution in [1.29, 1.82) is 0 Å². The van der Waals surface area contributed by atoms with Gasteiger partial charge in [-0.15, -0.1) is 0 Å². The molecule has 128 valence electrons. The van der Waals surface area contributed by atoms with E-state index in [1.54, 1.807) is 0 Å². The largest absolute Gasteiger partial charge is 0.366 e. The molecule has 0 saturated heterocycles. The average Bonchev–Trinajstić information content (AvgIpc) is 3.45. The van der Waals surface area contributed by atoms with Crippen LogP contribution in [0.3, 0.4) is 0 Å². The molecule has 1 saturated carbocycles. The number of carbonyl (C=O) groups excluding carboxylic acids is 1. The highest BCUT2D eigenvalue weighted by Gasteiger charge is 2.34. The van der Waals surface area contributed by atoms with Gasteiger partial charge in [0.15, 0.2) is 0 Å². The molecule has 0 radical (unpaired) electrons. The van der Waals surface area contributed by atoms with Crippen LogP contribution >= 0.6 is 11.6 Å². The average molecular weight is 354 g/mol. The number of hydrazine groups is 1. The molecule has 1 fully saturated rings. The quantitative estimate of drug-likeness (QED) is 0.503. The van der Waals surface area contributed by atoms with E-state index in [0.29, 0.717) is 0 Å². The summed E-state index contributed by atoms with van der Waals surface area (Å²) in [6.07, 6.45) is 5.47. The van der Waals surface area contributed by atoms with E-state index < -0.39 is 0 Å². The molecular weight excluding hydrogens is 334 g/mol. The molecule has 0 aromatic heterocycles. The highest BCUT2D eigenvalue weighted by molar-refractivity contribution is 6.33. The number of benzene rings is 2. The van der Waals surface area contributed by atoms with E-state index in [2.05, 4.69) is 30.4 Å². The summed E-state index contributed by atoms with van der Waals surface area (Å²) in [7, 11) is 0. The Morgan fingerprint density at radius 2 is 2.04 bits per heavy atom. The van der Waals surface area contributed by atoms with Gasteiger partial charge in [0.05, 0.1) is 0 Å². The molecule has 25 heavy (non-hydrogen) atoms. The number of rotatable bonds is 3. The zero-order valence-corrected chi connectivity index (χ0v) is 14.8. The minimum atomic E-state index is -0.312. The Bertz CT molecular complexity index is 945. The second kappa shape index (κ2) is 6.21. The maximum atomic E-state index is 12.1. The summed E-state index contributed by atoms with van der Waals surface area (Å²) in [5.74, 6) is 6.12. The third-order valence-corrected chi connectivity index (χ3v) is 5.14. The lowest BCUT2D eigenvalue weighted by Gasteiger charge is -2.27. The Morgan fingerprint density at radius 1 is 1.24 bits per heavy atom. The first-order valence-electron chi connectivity index (χ1n) is 8.46. The molecule has 2 aliphatic rings. The SMILES string of the molecule is Cc1cccc(Cl)c1-c1ccc2c(c1)=CNC(N(N)C(=O)C1CC1)C=2. The molecular formula is C20H20ClN3O. The first-order valence-corrected chi connectivity index (χ1v) is 8.84. The van der Waals surface area contributed by atoms with Crippen LogP contribution in [0.4, 0.5) is 0 Å². The number of nitrogens with zero attached hydrogens (tertiary/aromatic N) is 1. The monoisotopic (exact) mass is 353 g/mol. The van der Waals surface area contributed by atoms with Crippen molar-refractivity contribution in [3.8, 4) is 11.1 Å². The zero-order chi connectivity index (χ0) is 17.6. The normalized spacial score (nSPS) is 18.4. The predicted octanol–water partition coefficient (Wildman–Crippen LogP) is 1.88. The van der Waals surface area contributed by atoms with E-state index in [1.807, 2.05) is 30.5 Å². The smallest absolute Gasteiger partial charge is 0.241 e. The van der Waals surface area contributed by atoms with Gasteiger partial charge in [-0.05, 0) is 59.5 Å². The Balaban J connectivity index is 1.69. The van der Waals surface area contributed by atoms with Crippen LogP contribution in [0.5, 0.6) is 0 Å². The number of hydrogen-bond acceptors (Lipinski definition) is 3. The summed E-state index contributed by atoms with van der Waals surface area (Å²) < 4.78 is 0. The lowest BCUT2D eigenvalue weighted by molar-refractivity contribution is -0.134. The van der Waals surface area contributed by atoms with Crippen LogP contribution in [-0.4, -0.2) is 17.1 Å². The predicted molar refractivity (Wildman–Crippen MR) is 100 cm³/mol. The summed E-state index contributed by atoms with van der Waals surface area (Å²) in [6, 6.07) is 12.1. The Kier molecular flexibility index (Phi) is 4.02. The van der Waals surface area contributed by atoms with Gasteiger partial charge in [-0.25, -0.2) is 5.84 Å².